The van der Waals surface area contributed by atoms with Crippen molar-refractivity contribution in [3.63, 3.8) is 0 Å². The summed E-state index contributed by atoms with van der Waals surface area (Å²) in [5, 5.41) is 6.68. The van der Waals surface area contributed by atoms with Crippen LogP contribution in [-0.4, -0.2) is 25.7 Å². The molecule has 2 N–H and O–H groups in total. The van der Waals surface area contributed by atoms with Crippen LogP contribution in [-0.2, 0) is 13.0 Å². The molecule has 5 heteroatoms. The van der Waals surface area contributed by atoms with Crippen molar-refractivity contribution in [2.24, 2.45) is 4.99 Å². The summed E-state index contributed by atoms with van der Waals surface area (Å²) in [4.78, 5) is 6.90. The van der Waals surface area contributed by atoms with Crippen LogP contribution in [0.4, 0.5) is 0 Å². The molecular weight excluding hydrogens is 294 g/mol. The number of nitrogens with one attached hydrogen (secondary N) is 2. The molecule has 0 saturated heterocycles. The minimum absolute atomic E-state index is 0.167. The summed E-state index contributed by atoms with van der Waals surface area (Å²) in [5.41, 5.74) is 1.28. The summed E-state index contributed by atoms with van der Waals surface area (Å²) in [6.07, 6.45) is 1.12. The second-order valence-electron chi connectivity index (χ2n) is 5.37. The summed E-state index contributed by atoms with van der Waals surface area (Å²) in [6, 6.07) is 12.5. The fourth-order valence-corrected chi connectivity index (χ4v) is 3.38. The van der Waals surface area contributed by atoms with Crippen LogP contribution in [0.2, 0.25) is 0 Å². The highest BCUT2D eigenvalue weighted by Gasteiger charge is 2.22. The molecule has 0 aliphatic carbocycles. The number of benzene rings is 1. The molecule has 1 aromatic heterocycles. The predicted molar refractivity (Wildman–Crippen MR) is 91.8 cm³/mol. The molecule has 1 aliphatic rings. The lowest BCUT2D eigenvalue weighted by Crippen LogP contribution is -2.41. The highest BCUT2D eigenvalue weighted by molar-refractivity contribution is 7.11. The quantitative estimate of drug-likeness (QED) is 0.673. The van der Waals surface area contributed by atoms with E-state index in [-0.39, 0.29) is 6.10 Å². The van der Waals surface area contributed by atoms with Crippen molar-refractivity contribution in [1.82, 2.24) is 10.6 Å². The molecule has 0 spiro atoms. The van der Waals surface area contributed by atoms with Crippen LogP contribution >= 0.6 is 11.3 Å². The van der Waals surface area contributed by atoms with E-state index in [0.29, 0.717) is 0 Å². The molecule has 0 fully saturated rings. The number of nitrogens with zero attached hydrogens (tertiary/aromatic N) is 1. The van der Waals surface area contributed by atoms with E-state index in [9.17, 15) is 0 Å². The average molecular weight is 315 g/mol. The molecule has 4 nitrogen and oxygen atoms in total. The standard InChI is InChI=1S/C17H21N3OS/c1-12-7-8-15(22-12)11-20-17(18-2)19-10-14-9-13-5-3-4-6-16(13)21-14/h3-8,14H,9-11H2,1-2H3,(H2,18,19,20). The Bertz CT molecular complexity index is 640. The first-order chi connectivity index (χ1) is 10.7. The summed E-state index contributed by atoms with van der Waals surface area (Å²) in [7, 11) is 1.79. The van der Waals surface area contributed by atoms with Gasteiger partial charge in [0.15, 0.2) is 5.96 Å². The molecule has 22 heavy (non-hydrogen) atoms. The number of hydrogen-bond donors (Lipinski definition) is 2. The Hall–Kier alpha value is -2.01. The van der Waals surface area contributed by atoms with Crippen LogP contribution in [0.3, 0.4) is 0 Å². The highest BCUT2D eigenvalue weighted by atomic mass is 32.1. The number of guanidine groups is 1. The molecule has 1 aliphatic heterocycles. The van der Waals surface area contributed by atoms with Crippen molar-refractivity contribution in [2.75, 3.05) is 13.6 Å². The van der Waals surface area contributed by atoms with Crippen LogP contribution in [0.1, 0.15) is 15.3 Å². The van der Waals surface area contributed by atoms with E-state index in [1.807, 2.05) is 12.1 Å². The summed E-state index contributed by atoms with van der Waals surface area (Å²) in [5.74, 6) is 1.82. The minimum atomic E-state index is 0.167. The topological polar surface area (TPSA) is 45.7 Å². The van der Waals surface area contributed by atoms with Crippen molar-refractivity contribution in [2.45, 2.75) is 26.0 Å². The number of aryl methyl sites for hydroxylation is 1. The molecule has 0 bridgehead atoms. The Morgan fingerprint density at radius 1 is 1.27 bits per heavy atom. The van der Waals surface area contributed by atoms with Gasteiger partial charge in [-0.1, -0.05) is 18.2 Å². The molecule has 0 saturated carbocycles. The molecular formula is C17H21N3OS. The van der Waals surface area contributed by atoms with Crippen molar-refractivity contribution >= 4 is 17.3 Å². The van der Waals surface area contributed by atoms with Gasteiger partial charge in [-0.25, -0.2) is 0 Å². The molecule has 2 heterocycles. The van der Waals surface area contributed by atoms with E-state index in [4.69, 9.17) is 4.74 Å². The van der Waals surface area contributed by atoms with Crippen LogP contribution in [0.25, 0.3) is 0 Å². The van der Waals surface area contributed by atoms with Gasteiger partial charge in [0, 0.05) is 23.2 Å². The van der Waals surface area contributed by atoms with E-state index in [1.165, 1.54) is 15.3 Å². The van der Waals surface area contributed by atoms with Crippen molar-refractivity contribution in [3.05, 3.63) is 51.7 Å². The number of fused-ring (bicyclic) bond motifs is 1. The molecule has 3 rings (SSSR count). The summed E-state index contributed by atoms with van der Waals surface area (Å²) >= 11 is 1.81. The number of hydrogen-bond acceptors (Lipinski definition) is 3. The maximum atomic E-state index is 5.92. The normalized spacial score (nSPS) is 17.0. The Morgan fingerprint density at radius 2 is 2.14 bits per heavy atom. The number of rotatable bonds is 4. The summed E-state index contributed by atoms with van der Waals surface area (Å²) in [6.45, 7) is 3.66. The smallest absolute Gasteiger partial charge is 0.191 e. The zero-order chi connectivity index (χ0) is 15.4. The molecule has 1 atom stereocenters. The first kappa shape index (κ1) is 14.9. The number of para-hydroxylation sites is 1. The molecule has 0 amide bonds. The Morgan fingerprint density at radius 3 is 2.86 bits per heavy atom. The summed E-state index contributed by atoms with van der Waals surface area (Å²) < 4.78 is 5.92. The third-order valence-corrected chi connectivity index (χ3v) is 4.66. The van der Waals surface area contributed by atoms with Crippen LogP contribution in [0, 0.1) is 6.92 Å². The highest BCUT2D eigenvalue weighted by Crippen LogP contribution is 2.27. The van der Waals surface area contributed by atoms with Crippen molar-refractivity contribution in [3.8, 4) is 5.75 Å². The van der Waals surface area contributed by atoms with E-state index in [0.717, 1.165) is 31.2 Å². The fourth-order valence-electron chi connectivity index (χ4n) is 2.55. The van der Waals surface area contributed by atoms with Gasteiger partial charge in [-0.3, -0.25) is 4.99 Å². The van der Waals surface area contributed by atoms with Gasteiger partial charge in [-0.2, -0.15) is 0 Å². The Labute approximate surface area is 135 Å². The van der Waals surface area contributed by atoms with Gasteiger partial charge >= 0.3 is 0 Å². The molecule has 1 aromatic carbocycles. The second kappa shape index (κ2) is 6.83. The van der Waals surface area contributed by atoms with Crippen molar-refractivity contribution in [1.29, 1.82) is 0 Å². The monoisotopic (exact) mass is 315 g/mol. The largest absolute Gasteiger partial charge is 0.488 e. The van der Waals surface area contributed by atoms with Crippen LogP contribution < -0.4 is 15.4 Å². The van der Waals surface area contributed by atoms with Gasteiger partial charge in [0.05, 0.1) is 13.1 Å². The van der Waals surface area contributed by atoms with Gasteiger partial charge in [0.25, 0.3) is 0 Å². The zero-order valence-corrected chi connectivity index (χ0v) is 13.7. The maximum Gasteiger partial charge on any atom is 0.191 e. The van der Waals surface area contributed by atoms with E-state index in [1.54, 1.807) is 18.4 Å². The van der Waals surface area contributed by atoms with Gasteiger partial charge in [0.2, 0.25) is 0 Å². The first-order valence-corrected chi connectivity index (χ1v) is 8.30. The van der Waals surface area contributed by atoms with Gasteiger partial charge in [0.1, 0.15) is 11.9 Å². The predicted octanol–water partition coefficient (Wildman–Crippen LogP) is 2.73. The Balaban J connectivity index is 1.46. The number of thiophene rings is 1. The Kier molecular flexibility index (Phi) is 4.63. The number of aliphatic imine (C=N–C) groups is 1. The fraction of sp³-hybridized carbons (Fsp3) is 0.353. The third-order valence-electron chi connectivity index (χ3n) is 3.66. The van der Waals surface area contributed by atoms with Gasteiger partial charge < -0.3 is 15.4 Å². The van der Waals surface area contributed by atoms with Crippen molar-refractivity contribution < 1.29 is 4.74 Å². The lowest BCUT2D eigenvalue weighted by Gasteiger charge is -2.15. The lowest BCUT2D eigenvalue weighted by atomic mass is 10.1. The third kappa shape index (κ3) is 3.60. The molecule has 116 valence electrons. The van der Waals surface area contributed by atoms with Crippen LogP contribution in [0.15, 0.2) is 41.4 Å². The van der Waals surface area contributed by atoms with Gasteiger partial charge in [-0.15, -0.1) is 11.3 Å². The van der Waals surface area contributed by atoms with Gasteiger partial charge in [-0.05, 0) is 30.7 Å². The van der Waals surface area contributed by atoms with Crippen LogP contribution in [0.5, 0.6) is 5.75 Å². The molecule has 2 aromatic rings. The minimum Gasteiger partial charge on any atom is -0.488 e. The van der Waals surface area contributed by atoms with E-state index in [2.05, 4.69) is 46.8 Å². The second-order valence-corrected chi connectivity index (χ2v) is 6.74. The molecule has 0 radical (unpaired) electrons. The average Bonchev–Trinajstić information content (AvgIpc) is 3.13. The SMILES string of the molecule is CN=C(NCc1ccc(C)s1)NCC1Cc2ccccc2O1. The molecule has 1 unspecified atom stereocenters. The maximum absolute atomic E-state index is 5.92. The van der Waals surface area contributed by atoms with E-state index >= 15 is 0 Å². The van der Waals surface area contributed by atoms with E-state index < -0.39 is 0 Å². The lowest BCUT2D eigenvalue weighted by molar-refractivity contribution is 0.235. The first-order valence-electron chi connectivity index (χ1n) is 7.49. The number of ether oxygens (including phenoxy) is 1. The zero-order valence-electron chi connectivity index (χ0n) is 12.9.